The minimum Gasteiger partial charge on any atom is -0.351 e. The van der Waals surface area contributed by atoms with Crippen LogP contribution in [0.15, 0.2) is 11.6 Å². The van der Waals surface area contributed by atoms with E-state index >= 15 is 0 Å². The second-order valence-electron chi connectivity index (χ2n) is 4.12. The summed E-state index contributed by atoms with van der Waals surface area (Å²) in [5.74, 6) is -0.0728. The van der Waals surface area contributed by atoms with Crippen LogP contribution in [0.1, 0.15) is 42.4 Å². The number of fused-ring (bicyclic) bond motifs is 1. The molecule has 0 spiro atoms. The molecule has 1 amide bonds. The van der Waals surface area contributed by atoms with E-state index in [1.807, 2.05) is 16.7 Å². The van der Waals surface area contributed by atoms with Crippen molar-refractivity contribution in [2.24, 2.45) is 0 Å². The first-order chi connectivity index (χ1) is 8.22. The van der Waals surface area contributed by atoms with Gasteiger partial charge in [0.2, 0.25) is 0 Å². The van der Waals surface area contributed by atoms with Crippen LogP contribution < -0.4 is 5.32 Å². The summed E-state index contributed by atoms with van der Waals surface area (Å²) in [5.41, 5.74) is 1.62. The Morgan fingerprint density at radius 2 is 2.35 bits per heavy atom. The normalized spacial score (nSPS) is 10.9. The van der Waals surface area contributed by atoms with Gasteiger partial charge >= 0.3 is 0 Å². The second kappa shape index (κ2) is 5.31. The first-order valence-corrected chi connectivity index (χ1v) is 6.81. The zero-order valence-electron chi connectivity index (χ0n) is 10.2. The molecule has 0 unspecified atom stereocenters. The fourth-order valence-electron chi connectivity index (χ4n) is 1.67. The summed E-state index contributed by atoms with van der Waals surface area (Å²) in [4.78, 5) is 17.0. The molecule has 2 aromatic rings. The fraction of sp³-hybridized carbons (Fsp3) is 0.500. The number of amides is 1. The molecule has 2 heterocycles. The van der Waals surface area contributed by atoms with E-state index in [0.717, 1.165) is 36.5 Å². The lowest BCUT2D eigenvalue weighted by Gasteiger charge is -2.01. The molecule has 0 saturated heterocycles. The van der Waals surface area contributed by atoms with Crippen LogP contribution in [0.25, 0.3) is 4.96 Å². The quantitative estimate of drug-likeness (QED) is 0.830. The number of imidazole rings is 1. The predicted molar refractivity (Wildman–Crippen MR) is 69.7 cm³/mol. The van der Waals surface area contributed by atoms with Gasteiger partial charge in [0, 0.05) is 23.8 Å². The molecule has 0 fully saturated rings. The smallest absolute Gasteiger partial charge is 0.271 e. The number of rotatable bonds is 5. The van der Waals surface area contributed by atoms with E-state index in [1.165, 1.54) is 0 Å². The maximum Gasteiger partial charge on any atom is 0.271 e. The number of hydrogen-bond donors (Lipinski definition) is 1. The molecule has 17 heavy (non-hydrogen) atoms. The summed E-state index contributed by atoms with van der Waals surface area (Å²) in [6.07, 6.45) is 5.15. The van der Waals surface area contributed by atoms with E-state index in [0.29, 0.717) is 5.69 Å². The Labute approximate surface area is 105 Å². The summed E-state index contributed by atoms with van der Waals surface area (Å²) in [6, 6.07) is 0. The maximum absolute atomic E-state index is 11.8. The van der Waals surface area contributed by atoms with Crippen molar-refractivity contribution in [1.82, 2.24) is 14.7 Å². The standard InChI is InChI=1S/C12H17N3OS/c1-3-4-5-6-13-11(16)10-7-15-9(2)8-17-12(15)14-10/h7-8H,3-6H2,1-2H3,(H,13,16). The highest BCUT2D eigenvalue weighted by Gasteiger charge is 2.11. The zero-order valence-corrected chi connectivity index (χ0v) is 11.0. The third kappa shape index (κ3) is 2.66. The van der Waals surface area contributed by atoms with E-state index in [-0.39, 0.29) is 5.91 Å². The third-order valence-electron chi connectivity index (χ3n) is 2.69. The highest BCUT2D eigenvalue weighted by molar-refractivity contribution is 7.15. The first-order valence-electron chi connectivity index (χ1n) is 5.93. The molecule has 2 aromatic heterocycles. The lowest BCUT2D eigenvalue weighted by molar-refractivity contribution is 0.0948. The molecule has 0 bridgehead atoms. The SMILES string of the molecule is CCCCCNC(=O)c1cn2c(C)csc2n1. The Kier molecular flexibility index (Phi) is 3.78. The van der Waals surface area contributed by atoms with Crippen LogP contribution in [0.4, 0.5) is 0 Å². The summed E-state index contributed by atoms with van der Waals surface area (Å²) in [6.45, 7) is 4.89. The topological polar surface area (TPSA) is 46.4 Å². The summed E-state index contributed by atoms with van der Waals surface area (Å²) >= 11 is 1.56. The Hall–Kier alpha value is -1.36. The van der Waals surface area contributed by atoms with E-state index in [9.17, 15) is 4.79 Å². The van der Waals surface area contributed by atoms with Gasteiger partial charge in [0.25, 0.3) is 5.91 Å². The largest absolute Gasteiger partial charge is 0.351 e. The number of hydrogen-bond acceptors (Lipinski definition) is 3. The molecule has 92 valence electrons. The first kappa shape index (κ1) is 12.1. The van der Waals surface area contributed by atoms with Gasteiger partial charge in [-0.2, -0.15) is 0 Å². The lowest BCUT2D eigenvalue weighted by atomic mass is 10.2. The molecular formula is C12H17N3OS. The van der Waals surface area contributed by atoms with Gasteiger partial charge in [0.1, 0.15) is 5.69 Å². The van der Waals surface area contributed by atoms with E-state index in [4.69, 9.17) is 0 Å². The highest BCUT2D eigenvalue weighted by atomic mass is 32.1. The van der Waals surface area contributed by atoms with Gasteiger partial charge in [-0.15, -0.1) is 11.3 Å². The van der Waals surface area contributed by atoms with Gasteiger partial charge in [-0.1, -0.05) is 19.8 Å². The highest BCUT2D eigenvalue weighted by Crippen LogP contribution is 2.15. The van der Waals surface area contributed by atoms with Gasteiger partial charge < -0.3 is 5.32 Å². The Morgan fingerprint density at radius 1 is 1.53 bits per heavy atom. The molecule has 5 heteroatoms. The molecule has 0 aromatic carbocycles. The molecule has 4 nitrogen and oxygen atoms in total. The molecule has 0 aliphatic carbocycles. The summed E-state index contributed by atoms with van der Waals surface area (Å²) < 4.78 is 1.95. The van der Waals surface area contributed by atoms with Gasteiger partial charge in [-0.25, -0.2) is 4.98 Å². The lowest BCUT2D eigenvalue weighted by Crippen LogP contribution is -2.24. The van der Waals surface area contributed by atoms with Crippen molar-refractivity contribution in [3.8, 4) is 0 Å². The number of carbonyl (C=O) groups is 1. The molecule has 0 aliphatic rings. The van der Waals surface area contributed by atoms with Crippen molar-refractivity contribution < 1.29 is 4.79 Å². The summed E-state index contributed by atoms with van der Waals surface area (Å²) in [5, 5.41) is 4.93. The van der Waals surface area contributed by atoms with E-state index in [2.05, 4.69) is 17.2 Å². The predicted octanol–water partition coefficient (Wildman–Crippen LogP) is 2.62. The molecule has 0 saturated carbocycles. The number of unbranched alkanes of at least 4 members (excludes halogenated alkanes) is 2. The van der Waals surface area contributed by atoms with Crippen LogP contribution in [-0.2, 0) is 0 Å². The van der Waals surface area contributed by atoms with Crippen LogP contribution in [0, 0.1) is 6.92 Å². The van der Waals surface area contributed by atoms with Crippen LogP contribution >= 0.6 is 11.3 Å². The molecular weight excluding hydrogens is 234 g/mol. The van der Waals surface area contributed by atoms with Gasteiger partial charge in [-0.3, -0.25) is 9.20 Å². The molecule has 0 aliphatic heterocycles. The monoisotopic (exact) mass is 251 g/mol. The molecule has 0 atom stereocenters. The van der Waals surface area contributed by atoms with Crippen molar-refractivity contribution in [1.29, 1.82) is 0 Å². The van der Waals surface area contributed by atoms with Crippen molar-refractivity contribution in [3.63, 3.8) is 0 Å². The number of nitrogens with zero attached hydrogens (tertiary/aromatic N) is 2. The second-order valence-corrected chi connectivity index (χ2v) is 4.96. The van der Waals surface area contributed by atoms with Crippen LogP contribution in [-0.4, -0.2) is 21.8 Å². The minimum atomic E-state index is -0.0728. The average molecular weight is 251 g/mol. The Balaban J connectivity index is 1.99. The minimum absolute atomic E-state index is 0.0728. The third-order valence-corrected chi connectivity index (χ3v) is 3.64. The zero-order chi connectivity index (χ0) is 12.3. The number of aromatic nitrogens is 2. The number of nitrogens with one attached hydrogen (secondary N) is 1. The number of carbonyl (C=O) groups excluding carboxylic acids is 1. The Morgan fingerprint density at radius 3 is 3.06 bits per heavy atom. The van der Waals surface area contributed by atoms with Crippen LogP contribution in [0.3, 0.4) is 0 Å². The van der Waals surface area contributed by atoms with Gasteiger partial charge in [-0.05, 0) is 13.3 Å². The average Bonchev–Trinajstić information content (AvgIpc) is 2.87. The van der Waals surface area contributed by atoms with Gasteiger partial charge in [0.15, 0.2) is 4.96 Å². The molecule has 1 N–H and O–H groups in total. The van der Waals surface area contributed by atoms with Crippen molar-refractivity contribution in [2.75, 3.05) is 6.54 Å². The van der Waals surface area contributed by atoms with Crippen molar-refractivity contribution >= 4 is 22.2 Å². The van der Waals surface area contributed by atoms with E-state index < -0.39 is 0 Å². The molecule has 0 radical (unpaired) electrons. The fourth-order valence-corrected chi connectivity index (χ4v) is 2.52. The Bertz CT molecular complexity index is 515. The maximum atomic E-state index is 11.8. The molecule has 2 rings (SSSR count). The van der Waals surface area contributed by atoms with E-state index in [1.54, 1.807) is 17.5 Å². The van der Waals surface area contributed by atoms with Gasteiger partial charge in [0.05, 0.1) is 0 Å². The number of aryl methyl sites for hydroxylation is 1. The van der Waals surface area contributed by atoms with Crippen LogP contribution in [0.5, 0.6) is 0 Å². The van der Waals surface area contributed by atoms with Crippen molar-refractivity contribution in [3.05, 3.63) is 23.0 Å². The number of thiazole rings is 1. The van der Waals surface area contributed by atoms with Crippen molar-refractivity contribution in [2.45, 2.75) is 33.1 Å². The van der Waals surface area contributed by atoms with Crippen LogP contribution in [0.2, 0.25) is 0 Å². The summed E-state index contributed by atoms with van der Waals surface area (Å²) in [7, 11) is 0.